The SMILES string of the molecule is O=C(CCCCSc1nnc2c3cc(F)ccc3n(Cc3ccc(F)cc3)c2n1)NCCc1ccccc1. The molecule has 3 aromatic carbocycles. The van der Waals surface area contributed by atoms with Crippen LogP contribution in [0.15, 0.2) is 78.0 Å². The largest absolute Gasteiger partial charge is 0.356 e. The van der Waals surface area contributed by atoms with E-state index in [1.807, 2.05) is 22.8 Å². The zero-order chi connectivity index (χ0) is 26.3. The van der Waals surface area contributed by atoms with Crippen molar-refractivity contribution < 1.29 is 13.6 Å². The highest BCUT2D eigenvalue weighted by Crippen LogP contribution is 2.29. The van der Waals surface area contributed by atoms with E-state index in [2.05, 4.69) is 27.6 Å². The standard InChI is InChI=1S/C29H27F2N5OS/c30-22-11-9-21(10-12-22)19-36-25-14-13-23(31)18-24(25)27-28(36)33-29(35-34-27)38-17-5-4-8-26(37)32-16-15-20-6-2-1-3-7-20/h1-3,6-7,9-14,18H,4-5,8,15-17,19H2,(H,32,37). The van der Waals surface area contributed by atoms with Crippen LogP contribution in [0.3, 0.4) is 0 Å². The number of aromatic nitrogens is 4. The Hall–Kier alpha value is -3.85. The van der Waals surface area contributed by atoms with Gasteiger partial charge in [-0.25, -0.2) is 13.8 Å². The zero-order valence-electron chi connectivity index (χ0n) is 20.7. The fraction of sp³-hybridized carbons (Fsp3) is 0.241. The lowest BCUT2D eigenvalue weighted by Gasteiger charge is -2.08. The first-order valence-electron chi connectivity index (χ1n) is 12.6. The van der Waals surface area contributed by atoms with Gasteiger partial charge in [-0.1, -0.05) is 54.2 Å². The van der Waals surface area contributed by atoms with Gasteiger partial charge in [0.25, 0.3) is 0 Å². The van der Waals surface area contributed by atoms with Gasteiger partial charge in [0.2, 0.25) is 11.1 Å². The molecule has 5 rings (SSSR count). The van der Waals surface area contributed by atoms with E-state index in [0.717, 1.165) is 36.1 Å². The Bertz CT molecular complexity index is 1540. The van der Waals surface area contributed by atoms with Gasteiger partial charge in [-0.3, -0.25) is 4.79 Å². The van der Waals surface area contributed by atoms with E-state index in [1.54, 1.807) is 18.2 Å². The van der Waals surface area contributed by atoms with Crippen LogP contribution in [-0.4, -0.2) is 38.0 Å². The first-order valence-corrected chi connectivity index (χ1v) is 13.6. The third kappa shape index (κ3) is 6.34. The minimum absolute atomic E-state index is 0.0582. The maximum Gasteiger partial charge on any atom is 0.220 e. The van der Waals surface area contributed by atoms with Crippen LogP contribution < -0.4 is 5.32 Å². The lowest BCUT2D eigenvalue weighted by Crippen LogP contribution is -2.25. The van der Waals surface area contributed by atoms with Crippen LogP contribution in [0.1, 0.15) is 30.4 Å². The normalized spacial score (nSPS) is 11.3. The first kappa shape index (κ1) is 25.8. The molecule has 0 saturated heterocycles. The highest BCUT2D eigenvalue weighted by Gasteiger charge is 2.16. The Kier molecular flexibility index (Phi) is 8.23. The summed E-state index contributed by atoms with van der Waals surface area (Å²) in [6.45, 7) is 1.07. The topological polar surface area (TPSA) is 72.7 Å². The molecule has 1 amide bonds. The predicted octanol–water partition coefficient (Wildman–Crippen LogP) is 5.93. The van der Waals surface area contributed by atoms with E-state index in [1.165, 1.54) is 41.6 Å². The molecule has 6 nitrogen and oxygen atoms in total. The van der Waals surface area contributed by atoms with E-state index in [-0.39, 0.29) is 17.5 Å². The highest BCUT2D eigenvalue weighted by atomic mass is 32.2. The summed E-state index contributed by atoms with van der Waals surface area (Å²) < 4.78 is 29.4. The number of amides is 1. The van der Waals surface area contributed by atoms with E-state index in [4.69, 9.17) is 4.98 Å². The molecule has 0 aliphatic heterocycles. The smallest absolute Gasteiger partial charge is 0.220 e. The summed E-state index contributed by atoms with van der Waals surface area (Å²) in [4.78, 5) is 16.9. The summed E-state index contributed by atoms with van der Waals surface area (Å²) in [5.41, 5.74) is 4.01. The number of benzene rings is 3. The number of rotatable bonds is 11. The molecule has 0 unspecified atom stereocenters. The van der Waals surface area contributed by atoms with Crippen LogP contribution in [-0.2, 0) is 17.8 Å². The number of halogens is 2. The fourth-order valence-corrected chi connectivity index (χ4v) is 5.12. The van der Waals surface area contributed by atoms with Crippen molar-refractivity contribution in [3.63, 3.8) is 0 Å². The molecule has 0 fully saturated rings. The molecule has 0 spiro atoms. The van der Waals surface area contributed by atoms with Crippen molar-refractivity contribution in [2.75, 3.05) is 12.3 Å². The molecule has 2 heterocycles. The van der Waals surface area contributed by atoms with Crippen LogP contribution in [0.2, 0.25) is 0 Å². The number of unbranched alkanes of at least 4 members (excludes halogenated alkanes) is 1. The molecular formula is C29H27F2N5OS. The summed E-state index contributed by atoms with van der Waals surface area (Å²) >= 11 is 1.48. The number of thioether (sulfide) groups is 1. The quantitative estimate of drug-likeness (QED) is 0.169. The number of hydrogen-bond donors (Lipinski definition) is 1. The second-order valence-corrected chi connectivity index (χ2v) is 10.1. The summed E-state index contributed by atoms with van der Waals surface area (Å²) in [6, 6.07) is 20.9. The number of fused-ring (bicyclic) bond motifs is 3. The van der Waals surface area contributed by atoms with Crippen LogP contribution in [0.5, 0.6) is 0 Å². The molecule has 0 bridgehead atoms. The van der Waals surface area contributed by atoms with Gasteiger partial charge >= 0.3 is 0 Å². The van der Waals surface area contributed by atoms with Gasteiger partial charge in [0.1, 0.15) is 17.2 Å². The molecule has 0 atom stereocenters. The summed E-state index contributed by atoms with van der Waals surface area (Å²) in [5.74, 6) is 0.146. The fourth-order valence-electron chi connectivity index (χ4n) is 4.34. The Morgan fingerprint density at radius 1 is 0.895 bits per heavy atom. The number of nitrogens with one attached hydrogen (secondary N) is 1. The van der Waals surface area contributed by atoms with Crippen molar-refractivity contribution in [1.29, 1.82) is 0 Å². The molecule has 0 aliphatic rings. The monoisotopic (exact) mass is 531 g/mol. The molecule has 5 aromatic rings. The lowest BCUT2D eigenvalue weighted by molar-refractivity contribution is -0.121. The van der Waals surface area contributed by atoms with Crippen LogP contribution in [0.4, 0.5) is 8.78 Å². The van der Waals surface area contributed by atoms with Gasteiger partial charge in [-0.2, -0.15) is 0 Å². The van der Waals surface area contributed by atoms with E-state index < -0.39 is 0 Å². The predicted molar refractivity (Wildman–Crippen MR) is 146 cm³/mol. The minimum atomic E-state index is -0.359. The van der Waals surface area contributed by atoms with Crippen LogP contribution in [0, 0.1) is 11.6 Å². The number of carbonyl (C=O) groups excluding carboxylic acids is 1. The van der Waals surface area contributed by atoms with E-state index >= 15 is 0 Å². The van der Waals surface area contributed by atoms with E-state index in [9.17, 15) is 13.6 Å². The van der Waals surface area contributed by atoms with Gasteiger partial charge < -0.3 is 9.88 Å². The van der Waals surface area contributed by atoms with Crippen molar-refractivity contribution in [2.45, 2.75) is 37.4 Å². The number of carbonyl (C=O) groups is 1. The molecule has 0 radical (unpaired) electrons. The molecule has 9 heteroatoms. The Morgan fingerprint density at radius 3 is 2.50 bits per heavy atom. The van der Waals surface area contributed by atoms with Crippen LogP contribution >= 0.6 is 11.8 Å². The zero-order valence-corrected chi connectivity index (χ0v) is 21.6. The molecule has 194 valence electrons. The average Bonchev–Trinajstić information content (AvgIpc) is 3.22. The van der Waals surface area contributed by atoms with Crippen molar-refractivity contribution in [1.82, 2.24) is 25.1 Å². The van der Waals surface area contributed by atoms with Crippen molar-refractivity contribution in [2.24, 2.45) is 0 Å². The average molecular weight is 532 g/mol. The molecule has 0 saturated carbocycles. The van der Waals surface area contributed by atoms with Crippen molar-refractivity contribution >= 4 is 39.7 Å². The first-order chi connectivity index (χ1) is 18.6. The molecular weight excluding hydrogens is 504 g/mol. The van der Waals surface area contributed by atoms with Gasteiger partial charge in [0.05, 0.1) is 5.52 Å². The van der Waals surface area contributed by atoms with Crippen LogP contribution in [0.25, 0.3) is 22.1 Å². The Morgan fingerprint density at radius 2 is 1.68 bits per heavy atom. The van der Waals surface area contributed by atoms with Gasteiger partial charge in [-0.15, -0.1) is 10.2 Å². The summed E-state index contributed by atoms with van der Waals surface area (Å²) in [7, 11) is 0. The number of hydrogen-bond acceptors (Lipinski definition) is 5. The Labute approximate surface area is 223 Å². The van der Waals surface area contributed by atoms with Gasteiger partial charge in [0, 0.05) is 30.6 Å². The molecule has 1 N–H and O–H groups in total. The summed E-state index contributed by atoms with van der Waals surface area (Å²) in [5, 5.41) is 12.8. The second kappa shape index (κ2) is 12.1. The minimum Gasteiger partial charge on any atom is -0.356 e. The third-order valence-corrected chi connectivity index (χ3v) is 7.19. The van der Waals surface area contributed by atoms with Crippen molar-refractivity contribution in [3.05, 3.63) is 95.6 Å². The molecule has 38 heavy (non-hydrogen) atoms. The maximum absolute atomic E-state index is 14.0. The molecule has 0 aliphatic carbocycles. The van der Waals surface area contributed by atoms with E-state index in [0.29, 0.717) is 41.2 Å². The third-order valence-electron chi connectivity index (χ3n) is 6.27. The lowest BCUT2D eigenvalue weighted by atomic mass is 10.1. The molecule has 2 aromatic heterocycles. The highest BCUT2D eigenvalue weighted by molar-refractivity contribution is 7.99. The summed E-state index contributed by atoms with van der Waals surface area (Å²) in [6.07, 6.45) is 2.90. The Balaban J connectivity index is 1.19. The van der Waals surface area contributed by atoms with Crippen molar-refractivity contribution in [3.8, 4) is 0 Å². The maximum atomic E-state index is 14.0. The van der Waals surface area contributed by atoms with Gasteiger partial charge in [-0.05, 0) is 60.7 Å². The second-order valence-electron chi connectivity index (χ2n) is 9.03. The number of nitrogens with zero attached hydrogens (tertiary/aromatic N) is 4. The van der Waals surface area contributed by atoms with Gasteiger partial charge in [0.15, 0.2) is 5.65 Å².